The molecule has 0 saturated carbocycles. The zero-order chi connectivity index (χ0) is 18.4. The lowest BCUT2D eigenvalue weighted by Crippen LogP contribution is -2.13. The van der Waals surface area contributed by atoms with Crippen molar-refractivity contribution in [2.24, 2.45) is 5.10 Å². The molecule has 0 spiro atoms. The molecule has 0 bridgehead atoms. The van der Waals surface area contributed by atoms with Gasteiger partial charge in [0.2, 0.25) is 5.82 Å². The van der Waals surface area contributed by atoms with Crippen LogP contribution in [-0.2, 0) is 0 Å². The molecule has 0 aliphatic rings. The molecule has 0 aliphatic heterocycles. The minimum absolute atomic E-state index is 0.123. The number of H-pyrrole nitrogens is 1. The first-order chi connectivity index (χ1) is 12.7. The number of aromatic nitrogens is 2. The number of para-hydroxylation sites is 2. The Kier molecular flexibility index (Phi) is 5.28. The van der Waals surface area contributed by atoms with Crippen molar-refractivity contribution in [1.82, 2.24) is 9.97 Å². The monoisotopic (exact) mass is 350 g/mol. The van der Waals surface area contributed by atoms with Gasteiger partial charge in [0, 0.05) is 0 Å². The average molecular weight is 350 g/mol. The van der Waals surface area contributed by atoms with Gasteiger partial charge in [-0.15, -0.1) is 0 Å². The fraction of sp³-hybridized carbons (Fsp3) is 0.105. The maximum Gasteiger partial charge on any atom is 0.293 e. The van der Waals surface area contributed by atoms with Gasteiger partial charge in [-0.2, -0.15) is 5.10 Å². The van der Waals surface area contributed by atoms with Crippen molar-refractivity contribution in [2.45, 2.75) is 0 Å². The molecule has 2 aromatic carbocycles. The Balaban J connectivity index is 1.77. The predicted octanol–water partition coefficient (Wildman–Crippen LogP) is 2.94. The van der Waals surface area contributed by atoms with E-state index in [1.165, 1.54) is 0 Å². The number of benzene rings is 2. The zero-order valence-corrected chi connectivity index (χ0v) is 14.2. The molecule has 0 fully saturated rings. The van der Waals surface area contributed by atoms with E-state index in [0.717, 1.165) is 5.56 Å². The summed E-state index contributed by atoms with van der Waals surface area (Å²) in [6.07, 6.45) is 3.23. The molecule has 26 heavy (non-hydrogen) atoms. The third-order valence-electron chi connectivity index (χ3n) is 3.53. The highest BCUT2D eigenvalue weighted by Crippen LogP contribution is 2.27. The topological polar surface area (TPSA) is 88.6 Å². The van der Waals surface area contributed by atoms with Crippen LogP contribution >= 0.6 is 0 Å². The molecule has 0 saturated heterocycles. The second kappa shape index (κ2) is 7.98. The summed E-state index contributed by atoms with van der Waals surface area (Å²) < 4.78 is 10.8. The molecule has 7 heteroatoms. The highest BCUT2D eigenvalue weighted by Gasteiger charge is 2.05. The van der Waals surface area contributed by atoms with Crippen LogP contribution in [0, 0.1) is 0 Å². The largest absolute Gasteiger partial charge is 0.493 e. The first kappa shape index (κ1) is 17.2. The molecule has 0 aliphatic carbocycles. The summed E-state index contributed by atoms with van der Waals surface area (Å²) in [4.78, 5) is 19.0. The third kappa shape index (κ3) is 3.89. The predicted molar refractivity (Wildman–Crippen MR) is 102 cm³/mol. The molecule has 3 aromatic rings. The molecule has 1 heterocycles. The Morgan fingerprint density at radius 3 is 2.92 bits per heavy atom. The summed E-state index contributed by atoms with van der Waals surface area (Å²) in [5.74, 6) is 1.32. The van der Waals surface area contributed by atoms with E-state index < -0.39 is 0 Å². The van der Waals surface area contributed by atoms with E-state index in [9.17, 15) is 4.79 Å². The van der Waals surface area contributed by atoms with Gasteiger partial charge in [-0.3, -0.25) is 10.2 Å². The zero-order valence-electron chi connectivity index (χ0n) is 14.2. The van der Waals surface area contributed by atoms with E-state index in [0.29, 0.717) is 29.1 Å². The van der Waals surface area contributed by atoms with Crippen molar-refractivity contribution in [3.8, 4) is 11.5 Å². The molecule has 1 aromatic heterocycles. The third-order valence-corrected chi connectivity index (χ3v) is 3.53. The number of fused-ring (bicyclic) bond motifs is 1. The van der Waals surface area contributed by atoms with Crippen LogP contribution in [0.25, 0.3) is 11.0 Å². The van der Waals surface area contributed by atoms with Gasteiger partial charge >= 0.3 is 0 Å². The highest BCUT2D eigenvalue weighted by molar-refractivity contribution is 5.81. The van der Waals surface area contributed by atoms with Gasteiger partial charge in [-0.25, -0.2) is 4.98 Å². The molecule has 0 unspecified atom stereocenters. The summed E-state index contributed by atoms with van der Waals surface area (Å²) >= 11 is 0. The lowest BCUT2D eigenvalue weighted by molar-refractivity contribution is 0.326. The number of nitrogens with one attached hydrogen (secondary N) is 2. The normalized spacial score (nSPS) is 10.8. The van der Waals surface area contributed by atoms with E-state index in [1.54, 1.807) is 37.6 Å². The van der Waals surface area contributed by atoms with Crippen molar-refractivity contribution >= 4 is 23.1 Å². The Morgan fingerprint density at radius 1 is 1.27 bits per heavy atom. The molecular formula is C19H18N4O3. The first-order valence-electron chi connectivity index (χ1n) is 7.91. The minimum atomic E-state index is -0.341. The fourth-order valence-corrected chi connectivity index (χ4v) is 2.31. The van der Waals surface area contributed by atoms with Crippen molar-refractivity contribution in [3.63, 3.8) is 0 Å². The lowest BCUT2D eigenvalue weighted by Gasteiger charge is -2.09. The number of hydrogen-bond donors (Lipinski definition) is 2. The molecule has 7 nitrogen and oxygen atoms in total. The SMILES string of the molecule is C=CCOc1ccc(/C=N/Nc2nc3ccccc3[nH]c2=O)cc1OC. The van der Waals surface area contributed by atoms with Crippen LogP contribution in [0.2, 0.25) is 0 Å². The summed E-state index contributed by atoms with van der Waals surface area (Å²) in [6.45, 7) is 4.01. The standard InChI is InChI=1S/C19H18N4O3/c1-3-10-26-16-9-8-13(11-17(16)25-2)12-20-23-18-19(24)22-15-7-5-4-6-14(15)21-18/h3-9,11-12H,1,10H2,2H3,(H,21,23)(H,22,24)/b20-12+. The summed E-state index contributed by atoms with van der Waals surface area (Å²) in [6, 6.07) is 12.7. The average Bonchev–Trinajstić information content (AvgIpc) is 2.67. The van der Waals surface area contributed by atoms with Crippen LogP contribution in [0.4, 0.5) is 5.82 Å². The second-order valence-corrected chi connectivity index (χ2v) is 5.31. The van der Waals surface area contributed by atoms with Crippen LogP contribution in [0.1, 0.15) is 5.56 Å². The van der Waals surface area contributed by atoms with Crippen molar-refractivity contribution in [2.75, 3.05) is 19.1 Å². The van der Waals surface area contributed by atoms with Gasteiger partial charge in [0.15, 0.2) is 11.5 Å². The van der Waals surface area contributed by atoms with Crippen molar-refractivity contribution < 1.29 is 9.47 Å². The summed E-state index contributed by atoms with van der Waals surface area (Å²) in [7, 11) is 1.56. The van der Waals surface area contributed by atoms with Gasteiger partial charge in [0.1, 0.15) is 6.61 Å². The van der Waals surface area contributed by atoms with Crippen molar-refractivity contribution in [3.05, 3.63) is 71.0 Å². The lowest BCUT2D eigenvalue weighted by atomic mass is 10.2. The molecule has 3 rings (SSSR count). The Labute approximate surface area is 150 Å². The number of hydrazone groups is 1. The van der Waals surface area contributed by atoms with Gasteiger partial charge in [-0.1, -0.05) is 24.8 Å². The van der Waals surface area contributed by atoms with Crippen LogP contribution in [0.3, 0.4) is 0 Å². The second-order valence-electron chi connectivity index (χ2n) is 5.31. The molecule has 132 valence electrons. The van der Waals surface area contributed by atoms with Crippen LogP contribution in [0.5, 0.6) is 11.5 Å². The van der Waals surface area contributed by atoms with E-state index in [4.69, 9.17) is 9.47 Å². The van der Waals surface area contributed by atoms with Gasteiger partial charge < -0.3 is 14.5 Å². The number of ether oxygens (including phenoxy) is 2. The minimum Gasteiger partial charge on any atom is -0.493 e. The maximum absolute atomic E-state index is 12.0. The van der Waals surface area contributed by atoms with Crippen LogP contribution in [-0.4, -0.2) is 29.9 Å². The first-order valence-corrected chi connectivity index (χ1v) is 7.91. The van der Waals surface area contributed by atoms with Crippen LogP contribution < -0.4 is 20.5 Å². The van der Waals surface area contributed by atoms with Gasteiger partial charge in [0.25, 0.3) is 5.56 Å². The van der Waals surface area contributed by atoms with E-state index in [2.05, 4.69) is 27.1 Å². The Hall–Kier alpha value is -3.61. The number of methoxy groups -OCH3 is 1. The number of hydrogen-bond acceptors (Lipinski definition) is 6. The van der Waals surface area contributed by atoms with Gasteiger partial charge in [-0.05, 0) is 35.9 Å². The molecule has 0 amide bonds. The molecule has 0 atom stereocenters. The quantitative estimate of drug-likeness (QED) is 0.388. The summed E-state index contributed by atoms with van der Waals surface area (Å²) in [5.41, 5.74) is 4.45. The fourth-order valence-electron chi connectivity index (χ4n) is 2.31. The van der Waals surface area contributed by atoms with E-state index in [-0.39, 0.29) is 11.4 Å². The number of aromatic amines is 1. The Bertz CT molecular complexity index is 1010. The van der Waals surface area contributed by atoms with E-state index in [1.807, 2.05) is 24.3 Å². The maximum atomic E-state index is 12.0. The molecular weight excluding hydrogens is 332 g/mol. The molecule has 0 radical (unpaired) electrons. The number of anilines is 1. The van der Waals surface area contributed by atoms with Crippen LogP contribution in [0.15, 0.2) is 65.0 Å². The highest BCUT2D eigenvalue weighted by atomic mass is 16.5. The number of nitrogens with zero attached hydrogens (tertiary/aromatic N) is 2. The Morgan fingerprint density at radius 2 is 2.12 bits per heavy atom. The summed E-state index contributed by atoms with van der Waals surface area (Å²) in [5, 5.41) is 4.08. The van der Waals surface area contributed by atoms with E-state index >= 15 is 0 Å². The van der Waals surface area contributed by atoms with Gasteiger partial charge in [0.05, 0.1) is 24.4 Å². The van der Waals surface area contributed by atoms with Crippen molar-refractivity contribution in [1.29, 1.82) is 0 Å². The number of rotatable bonds is 7. The smallest absolute Gasteiger partial charge is 0.293 e. The molecule has 2 N–H and O–H groups in total.